The number of carbonyl (C=O) groups excluding carboxylic acids is 2. The number of nitrogens with one attached hydrogen (secondary N) is 1. The van der Waals surface area contributed by atoms with E-state index in [-0.39, 0.29) is 17.3 Å². The fraction of sp³-hybridized carbons (Fsp3) is 0.364. The van der Waals surface area contributed by atoms with Crippen molar-refractivity contribution in [2.24, 2.45) is 0 Å². The number of hydrogen-bond acceptors (Lipinski definition) is 6. The van der Waals surface area contributed by atoms with Crippen molar-refractivity contribution in [2.75, 3.05) is 25.5 Å². The molecule has 0 spiro atoms. The van der Waals surface area contributed by atoms with E-state index in [9.17, 15) is 19.7 Å². The topological polar surface area (TPSA) is 102 Å². The molecular weight excluding hydrogens is 386 g/mol. The Kier molecular flexibility index (Phi) is 8.34. The highest BCUT2D eigenvalue weighted by Crippen LogP contribution is 2.27. The highest BCUT2D eigenvalue weighted by Gasteiger charge is 2.20. The second kappa shape index (κ2) is 10.9. The Balaban J connectivity index is 2.23. The maximum Gasteiger partial charge on any atom is 0.337 e. The number of benzene rings is 2. The second-order valence-electron chi connectivity index (χ2n) is 6.82. The van der Waals surface area contributed by atoms with Crippen LogP contribution in [0, 0.1) is 10.1 Å². The highest BCUT2D eigenvalue weighted by molar-refractivity contribution is 5.96. The lowest BCUT2D eigenvalue weighted by atomic mass is 10.1. The minimum absolute atomic E-state index is 0.102. The highest BCUT2D eigenvalue weighted by atomic mass is 16.6. The Morgan fingerprint density at radius 3 is 2.17 bits per heavy atom. The van der Waals surface area contributed by atoms with Crippen LogP contribution < -0.4 is 5.32 Å². The fourth-order valence-electron chi connectivity index (χ4n) is 3.08. The molecule has 8 nitrogen and oxygen atoms in total. The van der Waals surface area contributed by atoms with Gasteiger partial charge >= 0.3 is 5.97 Å². The molecule has 2 aromatic carbocycles. The molecule has 0 saturated carbocycles. The molecule has 2 rings (SSSR count). The van der Waals surface area contributed by atoms with E-state index in [0.29, 0.717) is 30.8 Å². The van der Waals surface area contributed by atoms with Gasteiger partial charge < -0.3 is 15.0 Å². The number of carbonyl (C=O) groups is 2. The Morgan fingerprint density at radius 1 is 1.03 bits per heavy atom. The first kappa shape index (κ1) is 22.9. The van der Waals surface area contributed by atoms with Crippen LogP contribution in [-0.2, 0) is 11.3 Å². The summed E-state index contributed by atoms with van der Waals surface area (Å²) < 4.78 is 4.67. The zero-order valence-electron chi connectivity index (χ0n) is 17.5. The van der Waals surface area contributed by atoms with Crippen LogP contribution in [0.5, 0.6) is 0 Å². The molecule has 0 aliphatic rings. The van der Waals surface area contributed by atoms with Crippen molar-refractivity contribution in [1.82, 2.24) is 4.90 Å². The van der Waals surface area contributed by atoms with E-state index in [1.54, 1.807) is 29.2 Å². The Bertz CT molecular complexity index is 890. The van der Waals surface area contributed by atoms with Gasteiger partial charge in [0.05, 0.1) is 17.6 Å². The van der Waals surface area contributed by atoms with E-state index in [4.69, 9.17) is 0 Å². The minimum atomic E-state index is -0.479. The molecule has 0 aromatic heterocycles. The lowest BCUT2D eigenvalue weighted by molar-refractivity contribution is -0.384. The Labute approximate surface area is 176 Å². The number of esters is 1. The minimum Gasteiger partial charge on any atom is -0.465 e. The van der Waals surface area contributed by atoms with Crippen LogP contribution in [0.4, 0.5) is 11.4 Å². The predicted octanol–water partition coefficient (Wildman–Crippen LogP) is 4.26. The molecule has 8 heteroatoms. The number of nitrogens with zero attached hydrogens (tertiary/aromatic N) is 2. The van der Waals surface area contributed by atoms with E-state index in [2.05, 4.69) is 10.1 Å². The number of hydrogen-bond donors (Lipinski definition) is 1. The molecule has 0 fully saturated rings. The van der Waals surface area contributed by atoms with Crippen molar-refractivity contribution in [3.63, 3.8) is 0 Å². The average molecular weight is 413 g/mol. The number of rotatable bonds is 10. The van der Waals surface area contributed by atoms with E-state index < -0.39 is 10.9 Å². The molecule has 0 atom stereocenters. The van der Waals surface area contributed by atoms with Crippen LogP contribution in [-0.4, -0.2) is 41.9 Å². The van der Waals surface area contributed by atoms with Gasteiger partial charge in [-0.05, 0) is 42.7 Å². The third-order valence-electron chi connectivity index (χ3n) is 4.57. The first-order valence-electron chi connectivity index (χ1n) is 9.90. The normalized spacial score (nSPS) is 10.4. The summed E-state index contributed by atoms with van der Waals surface area (Å²) >= 11 is 0. The van der Waals surface area contributed by atoms with Gasteiger partial charge in [0.2, 0.25) is 0 Å². The fourth-order valence-corrected chi connectivity index (χ4v) is 3.08. The van der Waals surface area contributed by atoms with Gasteiger partial charge in [-0.3, -0.25) is 14.9 Å². The van der Waals surface area contributed by atoms with Gasteiger partial charge in [0.1, 0.15) is 5.69 Å². The molecule has 0 saturated heterocycles. The van der Waals surface area contributed by atoms with Gasteiger partial charge in [-0.15, -0.1) is 0 Å². The average Bonchev–Trinajstić information content (AvgIpc) is 2.76. The molecule has 160 valence electrons. The Hall–Kier alpha value is -3.42. The van der Waals surface area contributed by atoms with Crippen LogP contribution in [0.3, 0.4) is 0 Å². The lowest BCUT2D eigenvalue weighted by Gasteiger charge is -2.21. The number of nitro benzene ring substituents is 1. The van der Waals surface area contributed by atoms with Crippen molar-refractivity contribution in [3.8, 4) is 0 Å². The second-order valence-corrected chi connectivity index (χ2v) is 6.82. The molecule has 30 heavy (non-hydrogen) atoms. The van der Waals surface area contributed by atoms with E-state index in [1.165, 1.54) is 25.3 Å². The summed E-state index contributed by atoms with van der Waals surface area (Å²) in [5, 5.41) is 14.5. The van der Waals surface area contributed by atoms with E-state index in [0.717, 1.165) is 18.4 Å². The maximum absolute atomic E-state index is 12.8. The van der Waals surface area contributed by atoms with Crippen molar-refractivity contribution in [3.05, 3.63) is 69.3 Å². The SMILES string of the molecule is CCCN(CCC)C(=O)c1ccc([N+](=O)[O-])c(NCc2ccc(C(=O)OC)cc2)c1. The standard InChI is InChI=1S/C22H27N3O5/c1-4-12-24(13-5-2)21(26)18-10-11-20(25(28)29)19(14-18)23-15-16-6-8-17(9-7-16)22(27)30-3/h6-11,14,23H,4-5,12-13,15H2,1-3H3. The van der Waals surface area contributed by atoms with E-state index >= 15 is 0 Å². The number of amides is 1. The quantitative estimate of drug-likeness (QED) is 0.355. The first-order valence-corrected chi connectivity index (χ1v) is 9.90. The smallest absolute Gasteiger partial charge is 0.337 e. The third-order valence-corrected chi connectivity index (χ3v) is 4.57. The summed E-state index contributed by atoms with van der Waals surface area (Å²) in [4.78, 5) is 37.1. The summed E-state index contributed by atoms with van der Waals surface area (Å²) in [6.07, 6.45) is 1.68. The molecule has 1 N–H and O–H groups in total. The molecular formula is C22H27N3O5. The number of ether oxygens (including phenoxy) is 1. The molecule has 0 heterocycles. The molecule has 0 aliphatic heterocycles. The molecule has 0 radical (unpaired) electrons. The van der Waals surface area contributed by atoms with Gasteiger partial charge in [-0.25, -0.2) is 4.79 Å². The van der Waals surface area contributed by atoms with Crippen molar-refractivity contribution < 1.29 is 19.2 Å². The van der Waals surface area contributed by atoms with Crippen LogP contribution in [0.2, 0.25) is 0 Å². The number of nitro groups is 1. The van der Waals surface area contributed by atoms with Gasteiger partial charge in [0.15, 0.2) is 0 Å². The van der Waals surface area contributed by atoms with Gasteiger partial charge in [-0.1, -0.05) is 26.0 Å². The van der Waals surface area contributed by atoms with Crippen molar-refractivity contribution in [2.45, 2.75) is 33.2 Å². The van der Waals surface area contributed by atoms with Crippen LogP contribution in [0.1, 0.15) is 53.0 Å². The zero-order valence-corrected chi connectivity index (χ0v) is 17.5. The predicted molar refractivity (Wildman–Crippen MR) is 115 cm³/mol. The largest absolute Gasteiger partial charge is 0.465 e. The van der Waals surface area contributed by atoms with Crippen molar-refractivity contribution >= 4 is 23.3 Å². The molecule has 2 aromatic rings. The molecule has 1 amide bonds. The number of anilines is 1. The van der Waals surface area contributed by atoms with Crippen LogP contribution >= 0.6 is 0 Å². The lowest BCUT2D eigenvalue weighted by Crippen LogP contribution is -2.32. The zero-order chi connectivity index (χ0) is 22.1. The van der Waals surface area contributed by atoms with Crippen LogP contribution in [0.15, 0.2) is 42.5 Å². The summed E-state index contributed by atoms with van der Waals surface area (Å²) in [5.41, 5.74) is 1.83. The maximum atomic E-state index is 12.8. The summed E-state index contributed by atoms with van der Waals surface area (Å²) in [6.45, 7) is 5.58. The summed E-state index contributed by atoms with van der Waals surface area (Å²) in [7, 11) is 1.31. The monoisotopic (exact) mass is 413 g/mol. The third kappa shape index (κ3) is 5.79. The van der Waals surface area contributed by atoms with Gasteiger partial charge in [0.25, 0.3) is 11.6 Å². The van der Waals surface area contributed by atoms with Gasteiger partial charge in [0, 0.05) is 31.3 Å². The first-order chi connectivity index (χ1) is 14.4. The number of methoxy groups -OCH3 is 1. The molecule has 0 unspecified atom stereocenters. The Morgan fingerprint density at radius 2 is 1.63 bits per heavy atom. The van der Waals surface area contributed by atoms with Gasteiger partial charge in [-0.2, -0.15) is 0 Å². The molecule has 0 bridgehead atoms. The van der Waals surface area contributed by atoms with E-state index in [1.807, 2.05) is 13.8 Å². The molecule has 0 aliphatic carbocycles. The summed E-state index contributed by atoms with van der Waals surface area (Å²) in [6, 6.07) is 11.1. The van der Waals surface area contributed by atoms with Crippen molar-refractivity contribution in [1.29, 1.82) is 0 Å². The summed E-state index contributed by atoms with van der Waals surface area (Å²) in [5.74, 6) is -0.570. The van der Waals surface area contributed by atoms with Crippen LogP contribution in [0.25, 0.3) is 0 Å².